The molecule has 0 nitrogen and oxygen atoms in total. The Balaban J connectivity index is 0.00000110. The molecular formula is C19H16. The van der Waals surface area contributed by atoms with E-state index in [0.717, 1.165) is 0 Å². The van der Waals surface area contributed by atoms with Crippen LogP contribution in [0.4, 0.5) is 0 Å². The summed E-state index contributed by atoms with van der Waals surface area (Å²) in [4.78, 5) is 0. The van der Waals surface area contributed by atoms with Crippen LogP contribution in [0, 0.1) is 0 Å². The summed E-state index contributed by atoms with van der Waals surface area (Å²) in [6.07, 6.45) is 0. The summed E-state index contributed by atoms with van der Waals surface area (Å²) in [7, 11) is 0. The molecule has 0 N–H and O–H groups in total. The van der Waals surface area contributed by atoms with Crippen LogP contribution in [0.5, 0.6) is 0 Å². The molecule has 19 heavy (non-hydrogen) atoms. The van der Waals surface area contributed by atoms with Gasteiger partial charge in [0.2, 0.25) is 0 Å². The normalized spacial score (nSPS) is 10.7. The predicted octanol–water partition coefficient (Wildman–Crippen LogP) is 5.78. The molecule has 0 heterocycles. The summed E-state index contributed by atoms with van der Waals surface area (Å²) in [5.41, 5.74) is 0. The van der Waals surface area contributed by atoms with Crippen molar-refractivity contribution in [2.45, 2.75) is 7.43 Å². The Hall–Kier alpha value is -2.34. The maximum atomic E-state index is 2.21. The highest BCUT2D eigenvalue weighted by atomic mass is 14.1. The molecule has 4 rings (SSSR count). The molecule has 0 heteroatoms. The van der Waals surface area contributed by atoms with Crippen molar-refractivity contribution >= 4 is 32.3 Å². The maximum Gasteiger partial charge on any atom is -0.00990 e. The first kappa shape index (κ1) is 11.7. The summed E-state index contributed by atoms with van der Waals surface area (Å²) >= 11 is 0. The second-order valence-corrected chi connectivity index (χ2v) is 4.64. The molecule has 0 unspecified atom stereocenters. The van der Waals surface area contributed by atoms with E-state index in [9.17, 15) is 0 Å². The fraction of sp³-hybridized carbons (Fsp3) is 0.0526. The van der Waals surface area contributed by atoms with Crippen LogP contribution in [0.15, 0.2) is 72.8 Å². The molecule has 0 saturated carbocycles. The summed E-state index contributed by atoms with van der Waals surface area (Å²) in [5.74, 6) is 0. The second kappa shape index (κ2) is 4.40. The molecule has 0 aliphatic rings. The summed E-state index contributed by atoms with van der Waals surface area (Å²) in [5, 5.41) is 8.04. The fourth-order valence-corrected chi connectivity index (χ4v) is 2.86. The van der Waals surface area contributed by atoms with Gasteiger partial charge in [0.15, 0.2) is 0 Å². The van der Waals surface area contributed by atoms with E-state index >= 15 is 0 Å². The lowest BCUT2D eigenvalue weighted by Crippen LogP contribution is -1.81. The van der Waals surface area contributed by atoms with Gasteiger partial charge in [-0.1, -0.05) is 80.2 Å². The summed E-state index contributed by atoms with van der Waals surface area (Å²) < 4.78 is 0. The molecule has 0 bridgehead atoms. The maximum absolute atomic E-state index is 2.21. The van der Waals surface area contributed by atoms with E-state index in [4.69, 9.17) is 0 Å². The fourth-order valence-electron chi connectivity index (χ4n) is 2.86. The highest BCUT2D eigenvalue weighted by Gasteiger charge is 2.06. The summed E-state index contributed by atoms with van der Waals surface area (Å²) in [6, 6.07) is 26.0. The molecule has 0 spiro atoms. The lowest BCUT2D eigenvalue weighted by Gasteiger charge is -2.09. The molecule has 0 atom stereocenters. The molecule has 4 aromatic rings. The first-order valence-corrected chi connectivity index (χ1v) is 6.23. The third-order valence-corrected chi connectivity index (χ3v) is 3.65. The van der Waals surface area contributed by atoms with Crippen LogP contribution in [-0.4, -0.2) is 0 Å². The van der Waals surface area contributed by atoms with Crippen LogP contribution in [0.2, 0.25) is 0 Å². The quantitative estimate of drug-likeness (QED) is 0.344. The van der Waals surface area contributed by atoms with Crippen molar-refractivity contribution in [2.24, 2.45) is 0 Å². The van der Waals surface area contributed by atoms with E-state index in [1.807, 2.05) is 0 Å². The van der Waals surface area contributed by atoms with Crippen LogP contribution < -0.4 is 0 Å². The van der Waals surface area contributed by atoms with E-state index in [2.05, 4.69) is 72.8 Å². The molecule has 92 valence electrons. The van der Waals surface area contributed by atoms with Crippen LogP contribution in [0.25, 0.3) is 32.3 Å². The van der Waals surface area contributed by atoms with Gasteiger partial charge >= 0.3 is 0 Å². The first-order chi connectivity index (χ1) is 8.95. The highest BCUT2D eigenvalue weighted by molar-refractivity contribution is 6.25. The number of rotatable bonds is 0. The van der Waals surface area contributed by atoms with Crippen molar-refractivity contribution < 1.29 is 0 Å². The van der Waals surface area contributed by atoms with Crippen molar-refractivity contribution in [2.75, 3.05) is 0 Å². The highest BCUT2D eigenvalue weighted by Crippen LogP contribution is 2.34. The lowest BCUT2D eigenvalue weighted by atomic mass is 9.95. The number of hydrogen-bond acceptors (Lipinski definition) is 0. The average Bonchev–Trinajstić information content (AvgIpc) is 2.48. The Kier molecular flexibility index (Phi) is 2.72. The van der Waals surface area contributed by atoms with Gasteiger partial charge in [0.25, 0.3) is 0 Å². The minimum Gasteiger partial charge on any atom is -0.0776 e. The average molecular weight is 244 g/mol. The van der Waals surface area contributed by atoms with Crippen LogP contribution in [-0.2, 0) is 0 Å². The van der Waals surface area contributed by atoms with E-state index in [1.54, 1.807) is 0 Å². The SMILES string of the molecule is C.c1ccc2c(c1)c1ccccc1c1ccccc21. The van der Waals surface area contributed by atoms with Gasteiger partial charge in [-0.05, 0) is 32.3 Å². The number of hydrogen-bond donors (Lipinski definition) is 0. The van der Waals surface area contributed by atoms with Crippen molar-refractivity contribution in [3.05, 3.63) is 72.8 Å². The van der Waals surface area contributed by atoms with Gasteiger partial charge in [0.1, 0.15) is 0 Å². The van der Waals surface area contributed by atoms with Crippen LogP contribution in [0.1, 0.15) is 7.43 Å². The first-order valence-electron chi connectivity index (χ1n) is 6.23. The second-order valence-electron chi connectivity index (χ2n) is 4.64. The van der Waals surface area contributed by atoms with Crippen molar-refractivity contribution in [1.29, 1.82) is 0 Å². The monoisotopic (exact) mass is 244 g/mol. The minimum absolute atomic E-state index is 0. The molecular weight excluding hydrogens is 228 g/mol. The van der Waals surface area contributed by atoms with Crippen molar-refractivity contribution in [3.63, 3.8) is 0 Å². The Labute approximate surface area is 113 Å². The zero-order chi connectivity index (χ0) is 11.9. The molecule has 0 fully saturated rings. The molecule has 0 aliphatic carbocycles. The molecule has 0 aromatic heterocycles. The van der Waals surface area contributed by atoms with E-state index in [1.165, 1.54) is 32.3 Å². The number of fused-ring (bicyclic) bond motifs is 6. The van der Waals surface area contributed by atoms with Crippen LogP contribution >= 0.6 is 0 Å². The van der Waals surface area contributed by atoms with Gasteiger partial charge in [-0.3, -0.25) is 0 Å². The Morgan fingerprint density at radius 3 is 0.632 bits per heavy atom. The van der Waals surface area contributed by atoms with Gasteiger partial charge in [0.05, 0.1) is 0 Å². The third kappa shape index (κ3) is 1.61. The third-order valence-electron chi connectivity index (χ3n) is 3.65. The van der Waals surface area contributed by atoms with E-state index in [-0.39, 0.29) is 7.43 Å². The Morgan fingerprint density at radius 2 is 0.474 bits per heavy atom. The Morgan fingerprint density at radius 1 is 0.316 bits per heavy atom. The Bertz CT molecular complexity index is 652. The molecule has 4 aromatic carbocycles. The number of benzene rings is 4. The van der Waals surface area contributed by atoms with Crippen LogP contribution in [0.3, 0.4) is 0 Å². The van der Waals surface area contributed by atoms with Crippen molar-refractivity contribution in [3.8, 4) is 0 Å². The lowest BCUT2D eigenvalue weighted by molar-refractivity contribution is 1.77. The molecule has 0 saturated heterocycles. The van der Waals surface area contributed by atoms with Crippen molar-refractivity contribution in [1.82, 2.24) is 0 Å². The molecule has 0 amide bonds. The van der Waals surface area contributed by atoms with Gasteiger partial charge in [-0.2, -0.15) is 0 Å². The summed E-state index contributed by atoms with van der Waals surface area (Å²) in [6.45, 7) is 0. The smallest absolute Gasteiger partial charge is 0.00990 e. The molecule has 0 radical (unpaired) electrons. The van der Waals surface area contributed by atoms with Gasteiger partial charge in [0, 0.05) is 0 Å². The zero-order valence-electron chi connectivity index (χ0n) is 9.93. The standard InChI is InChI=1S/C18H12.CH4/c1-2-8-14-13(7-1)15-9-3-4-11-17(15)18-12-6-5-10-16(14)18;/h1-12H;1H4. The minimum atomic E-state index is 0. The molecule has 0 aliphatic heterocycles. The predicted molar refractivity (Wildman–Crippen MR) is 85.7 cm³/mol. The van der Waals surface area contributed by atoms with Gasteiger partial charge in [-0.25, -0.2) is 0 Å². The van der Waals surface area contributed by atoms with E-state index < -0.39 is 0 Å². The topological polar surface area (TPSA) is 0 Å². The zero-order valence-corrected chi connectivity index (χ0v) is 9.93. The largest absolute Gasteiger partial charge is 0.0776 e. The van der Waals surface area contributed by atoms with Gasteiger partial charge < -0.3 is 0 Å². The van der Waals surface area contributed by atoms with Gasteiger partial charge in [-0.15, -0.1) is 0 Å². The van der Waals surface area contributed by atoms with E-state index in [0.29, 0.717) is 0 Å².